The fourth-order valence-electron chi connectivity index (χ4n) is 7.28. The summed E-state index contributed by atoms with van der Waals surface area (Å²) in [7, 11) is 0. The zero-order valence-corrected chi connectivity index (χ0v) is 27.5. The van der Waals surface area contributed by atoms with E-state index >= 15 is 0 Å². The zero-order chi connectivity index (χ0) is 31.0. The normalized spacial score (nSPS) is 14.6. The molecule has 3 N–H and O–H groups in total. The van der Waals surface area contributed by atoms with Crippen molar-refractivity contribution in [1.82, 2.24) is 5.32 Å². The molecule has 0 radical (unpaired) electrons. The number of allylic oxidation sites excluding steroid dienone is 1. The molecule has 2 aliphatic rings. The Hall–Kier alpha value is -4.12. The fourth-order valence-corrected chi connectivity index (χ4v) is 7.96. The summed E-state index contributed by atoms with van der Waals surface area (Å²) >= 11 is 5.91. The number of rotatable bonds is 8. The van der Waals surface area contributed by atoms with Crippen LogP contribution in [0.5, 0.6) is 0 Å². The van der Waals surface area contributed by atoms with Gasteiger partial charge >= 0.3 is 0 Å². The lowest BCUT2D eigenvalue weighted by atomic mass is 9.78. The lowest BCUT2D eigenvalue weighted by Crippen LogP contribution is -2.16. The Bertz CT molecular complexity index is 2010. The van der Waals surface area contributed by atoms with Gasteiger partial charge in [0.15, 0.2) is 0 Å². The molecule has 0 unspecified atom stereocenters. The molecule has 0 saturated heterocycles. The molecule has 0 aromatic heterocycles. The molecule has 0 saturated carbocycles. The summed E-state index contributed by atoms with van der Waals surface area (Å²) in [6.07, 6.45) is 10.3. The first-order chi connectivity index (χ1) is 22.0. The van der Waals surface area contributed by atoms with Crippen LogP contribution in [0.2, 0.25) is 0 Å². The Balaban J connectivity index is 1.43. The van der Waals surface area contributed by atoms with Gasteiger partial charge in [-0.25, -0.2) is 0 Å². The van der Waals surface area contributed by atoms with Crippen molar-refractivity contribution in [2.45, 2.75) is 44.4 Å². The van der Waals surface area contributed by atoms with Crippen LogP contribution in [0.25, 0.3) is 50.2 Å². The highest BCUT2D eigenvalue weighted by Crippen LogP contribution is 2.56. The molecule has 0 atom stereocenters. The molecule has 0 heterocycles. The van der Waals surface area contributed by atoms with Crippen molar-refractivity contribution in [3.05, 3.63) is 148 Å². The number of hydrogen-bond acceptors (Lipinski definition) is 4. The van der Waals surface area contributed by atoms with Crippen LogP contribution in [0.3, 0.4) is 0 Å². The minimum atomic E-state index is -0.149. The Morgan fingerprint density at radius 2 is 1.56 bits per heavy atom. The Labute approximate surface area is 276 Å². The van der Waals surface area contributed by atoms with E-state index in [1.54, 1.807) is 23.4 Å². The van der Waals surface area contributed by atoms with Gasteiger partial charge in [0.25, 0.3) is 0 Å². The highest BCUT2D eigenvalue weighted by Gasteiger charge is 2.40. The van der Waals surface area contributed by atoms with Crippen LogP contribution < -0.4 is 11.1 Å². The summed E-state index contributed by atoms with van der Waals surface area (Å²) < 4.78 is 0. The van der Waals surface area contributed by atoms with Crippen LogP contribution in [0.1, 0.15) is 53.6 Å². The first kappa shape index (κ1) is 29.6. The maximum atomic E-state index is 5.59. The molecule has 0 amide bonds. The monoisotopic (exact) mass is 622 g/mol. The van der Waals surface area contributed by atoms with Crippen molar-refractivity contribution in [2.75, 3.05) is 0 Å². The van der Waals surface area contributed by atoms with Gasteiger partial charge in [0.1, 0.15) is 0 Å². The molecule has 2 nitrogen and oxygen atoms in total. The van der Waals surface area contributed by atoms with E-state index in [2.05, 4.69) is 129 Å². The molecule has 4 heteroatoms. The smallest absolute Gasteiger partial charge is 0.0395 e. The second-order valence-electron chi connectivity index (χ2n) is 12.4. The van der Waals surface area contributed by atoms with Gasteiger partial charge in [0.05, 0.1) is 0 Å². The number of nitrogens with one attached hydrogen (secondary N) is 1. The number of nitrogens with two attached hydrogens (primary N) is 1. The SMILES string of the molecule is CC1(C)c2cc(-c3cccc(CS/C=C\N)c3)c3c(c2-c2c1cc(-c1cccc(CN/C=C\S)c1)c1ccccc21)CCC=C3. The van der Waals surface area contributed by atoms with Gasteiger partial charge in [-0.3, -0.25) is 0 Å². The van der Waals surface area contributed by atoms with Gasteiger partial charge in [-0.05, 0) is 119 Å². The van der Waals surface area contributed by atoms with E-state index in [9.17, 15) is 0 Å². The summed E-state index contributed by atoms with van der Waals surface area (Å²) in [5, 5.41) is 9.66. The van der Waals surface area contributed by atoms with Gasteiger partial charge in [-0.1, -0.05) is 92.7 Å². The maximum Gasteiger partial charge on any atom is 0.0395 e. The summed E-state index contributed by atoms with van der Waals surface area (Å²) in [4.78, 5) is 0. The lowest BCUT2D eigenvalue weighted by Gasteiger charge is -2.25. The molecule has 2 aliphatic carbocycles. The van der Waals surface area contributed by atoms with E-state index in [-0.39, 0.29) is 5.41 Å². The van der Waals surface area contributed by atoms with Crippen molar-refractivity contribution in [3.8, 4) is 33.4 Å². The third-order valence-electron chi connectivity index (χ3n) is 9.36. The van der Waals surface area contributed by atoms with E-state index in [0.29, 0.717) is 0 Å². The molecule has 0 aliphatic heterocycles. The van der Waals surface area contributed by atoms with Gasteiger partial charge in [-0.2, -0.15) is 0 Å². The van der Waals surface area contributed by atoms with Crippen LogP contribution in [-0.2, 0) is 24.1 Å². The molecule has 224 valence electrons. The standard InChI is InChI=1S/C41H38N2S2/c1-41(2)37-23-35(29-11-7-9-27(21-29)25-43-18-19-44)31-13-3-5-15-33(31)39(37)40-34-16-6-4-14-32(34)36(24-38(40)41)30-12-8-10-28(22-30)26-45-20-17-42/h3-5,7-15,17-24,43-44H,6,16,25-26,42H2,1-2H3/b19-18-,20-17-. The van der Waals surface area contributed by atoms with Crippen LogP contribution in [0.15, 0.2) is 114 Å². The summed E-state index contributed by atoms with van der Waals surface area (Å²) in [5.74, 6) is 0.902. The predicted molar refractivity (Wildman–Crippen MR) is 199 cm³/mol. The molecular weight excluding hydrogens is 585 g/mol. The summed E-state index contributed by atoms with van der Waals surface area (Å²) in [6.45, 7) is 5.60. The molecule has 0 bridgehead atoms. The van der Waals surface area contributed by atoms with Crippen LogP contribution in [0.4, 0.5) is 0 Å². The minimum absolute atomic E-state index is 0.149. The van der Waals surface area contributed by atoms with Crippen LogP contribution in [-0.4, -0.2) is 0 Å². The van der Waals surface area contributed by atoms with Crippen LogP contribution in [0, 0.1) is 0 Å². The van der Waals surface area contributed by atoms with Gasteiger partial charge in [0.2, 0.25) is 0 Å². The molecule has 0 fully saturated rings. The first-order valence-corrected chi connectivity index (χ1v) is 17.2. The number of thiol groups is 1. The Kier molecular flexibility index (Phi) is 8.12. The number of benzene rings is 5. The van der Waals surface area contributed by atoms with Crippen molar-refractivity contribution in [3.63, 3.8) is 0 Å². The van der Waals surface area contributed by atoms with Crippen LogP contribution >= 0.6 is 24.4 Å². The molecule has 45 heavy (non-hydrogen) atoms. The number of thioether (sulfide) groups is 1. The van der Waals surface area contributed by atoms with Crippen molar-refractivity contribution in [1.29, 1.82) is 0 Å². The predicted octanol–water partition coefficient (Wildman–Crippen LogP) is 10.6. The van der Waals surface area contributed by atoms with E-state index in [1.165, 1.54) is 77.5 Å². The van der Waals surface area contributed by atoms with Crippen molar-refractivity contribution < 1.29 is 0 Å². The second-order valence-corrected chi connectivity index (χ2v) is 13.6. The van der Waals surface area contributed by atoms with E-state index in [4.69, 9.17) is 5.73 Å². The molecule has 7 rings (SSSR count). The topological polar surface area (TPSA) is 38.0 Å². The quantitative estimate of drug-likeness (QED) is 0.151. The van der Waals surface area contributed by atoms with Gasteiger partial charge in [0, 0.05) is 30.1 Å². The zero-order valence-electron chi connectivity index (χ0n) is 25.8. The highest BCUT2D eigenvalue weighted by atomic mass is 32.2. The fraction of sp³-hybridized carbons (Fsp3) is 0.171. The van der Waals surface area contributed by atoms with Crippen molar-refractivity contribution >= 4 is 41.2 Å². The first-order valence-electron chi connectivity index (χ1n) is 15.6. The number of fused-ring (bicyclic) bond motifs is 7. The van der Waals surface area contributed by atoms with Gasteiger partial charge < -0.3 is 11.1 Å². The Morgan fingerprint density at radius 3 is 2.36 bits per heavy atom. The second kappa shape index (κ2) is 12.3. The molecule has 5 aromatic carbocycles. The summed E-state index contributed by atoms with van der Waals surface area (Å²) in [6, 6.07) is 32.0. The number of hydrogen-bond donors (Lipinski definition) is 3. The Morgan fingerprint density at radius 1 is 0.844 bits per heavy atom. The van der Waals surface area contributed by atoms with E-state index in [1.807, 2.05) is 11.6 Å². The molecular formula is C41H38N2S2. The van der Waals surface area contributed by atoms with E-state index < -0.39 is 0 Å². The van der Waals surface area contributed by atoms with E-state index in [0.717, 1.165) is 25.1 Å². The van der Waals surface area contributed by atoms with Gasteiger partial charge in [-0.15, -0.1) is 24.4 Å². The average Bonchev–Trinajstić information content (AvgIpc) is 3.30. The maximum absolute atomic E-state index is 5.59. The highest BCUT2D eigenvalue weighted by molar-refractivity contribution is 8.01. The largest absolute Gasteiger partial charge is 0.404 e. The lowest BCUT2D eigenvalue weighted by molar-refractivity contribution is 0.660. The molecule has 0 spiro atoms. The van der Waals surface area contributed by atoms with Crippen molar-refractivity contribution in [2.24, 2.45) is 5.73 Å². The summed E-state index contributed by atoms with van der Waals surface area (Å²) in [5.41, 5.74) is 21.8. The average molecular weight is 623 g/mol. The molecule has 5 aromatic rings. The third kappa shape index (κ3) is 5.30. The third-order valence-corrected chi connectivity index (χ3v) is 10.4. The minimum Gasteiger partial charge on any atom is -0.404 e.